The van der Waals surface area contributed by atoms with Gasteiger partial charge >= 0.3 is 27.7 Å². The quantitative estimate of drug-likeness (QED) is 0.386. The lowest BCUT2D eigenvalue weighted by molar-refractivity contribution is -0.160. The Morgan fingerprint density at radius 1 is 1.19 bits per heavy atom. The molecule has 3 atom stereocenters. The summed E-state index contributed by atoms with van der Waals surface area (Å²) in [5.41, 5.74) is -6.10. The zero-order chi connectivity index (χ0) is 23.4. The maximum absolute atomic E-state index is 12.9. The van der Waals surface area contributed by atoms with E-state index in [0.29, 0.717) is 10.5 Å². The van der Waals surface area contributed by atoms with Crippen molar-refractivity contribution in [3.63, 3.8) is 0 Å². The highest BCUT2D eigenvalue weighted by atomic mass is 32.2. The molecule has 1 aromatic carbocycles. The molecule has 1 N–H and O–H groups in total. The van der Waals surface area contributed by atoms with Crippen molar-refractivity contribution in [2.24, 2.45) is 0 Å². The maximum atomic E-state index is 12.9. The Morgan fingerprint density at radius 3 is 2.44 bits per heavy atom. The summed E-state index contributed by atoms with van der Waals surface area (Å²) in [7, 11) is -6.12. The Balaban J connectivity index is 1.65. The number of carbonyl (C=O) groups is 3. The first-order valence-electron chi connectivity index (χ1n) is 9.24. The van der Waals surface area contributed by atoms with Gasteiger partial charge in [-0.2, -0.15) is 21.6 Å². The molecule has 3 heterocycles. The van der Waals surface area contributed by atoms with Gasteiger partial charge in [-0.05, 0) is 12.0 Å². The van der Waals surface area contributed by atoms with Crippen molar-refractivity contribution in [3.05, 3.63) is 47.4 Å². The number of alkyl halides is 3. The van der Waals surface area contributed by atoms with Crippen LogP contribution in [0.25, 0.3) is 0 Å². The topological polar surface area (TPSA) is 131 Å². The van der Waals surface area contributed by atoms with Gasteiger partial charge in [-0.1, -0.05) is 30.3 Å². The Hall–Kier alpha value is -3.29. The van der Waals surface area contributed by atoms with Crippen molar-refractivity contribution in [2.75, 3.05) is 6.61 Å². The number of β-lactam (4-membered cyclic amide) rings is 1. The van der Waals surface area contributed by atoms with Crippen LogP contribution in [-0.2, 0) is 28.6 Å². The zero-order valence-corrected chi connectivity index (χ0v) is 16.8. The Morgan fingerprint density at radius 2 is 1.84 bits per heavy atom. The van der Waals surface area contributed by atoms with Gasteiger partial charge in [0, 0.05) is 6.42 Å². The molecule has 2 fully saturated rings. The number of carboxylic acid groups (broad SMARTS) is 1. The van der Waals surface area contributed by atoms with Crippen molar-refractivity contribution in [2.45, 2.75) is 36.5 Å². The summed E-state index contributed by atoms with van der Waals surface area (Å²) in [4.78, 5) is 38.8. The number of fused-ring (bicyclic) bond motifs is 1. The van der Waals surface area contributed by atoms with Crippen LogP contribution in [0.3, 0.4) is 0 Å². The average molecular weight is 476 g/mol. The SMILES string of the molecule is O=C(O)C1=C(OS(=O)(=O)C(F)(F)F)CC[C@@H]2[C@H](N3C(=O)OC[C@@H]3c3ccccc3)C(=O)N12. The van der Waals surface area contributed by atoms with E-state index in [2.05, 4.69) is 4.18 Å². The molecule has 3 aliphatic heterocycles. The van der Waals surface area contributed by atoms with E-state index in [-0.39, 0.29) is 13.0 Å². The molecular formula is C18H15F3N2O8S. The van der Waals surface area contributed by atoms with Crippen LogP contribution in [0.15, 0.2) is 41.8 Å². The fourth-order valence-electron chi connectivity index (χ4n) is 4.08. The van der Waals surface area contributed by atoms with E-state index in [9.17, 15) is 41.1 Å². The monoisotopic (exact) mass is 476 g/mol. The largest absolute Gasteiger partial charge is 0.534 e. The summed E-state index contributed by atoms with van der Waals surface area (Å²) < 4.78 is 69.8. The van der Waals surface area contributed by atoms with Crippen LogP contribution in [0.4, 0.5) is 18.0 Å². The predicted molar refractivity (Wildman–Crippen MR) is 96.7 cm³/mol. The molecule has 0 bridgehead atoms. The summed E-state index contributed by atoms with van der Waals surface area (Å²) in [6, 6.07) is 6.00. The molecule has 2 amide bonds. The molecule has 14 heteroatoms. The van der Waals surface area contributed by atoms with Crippen LogP contribution in [0, 0.1) is 0 Å². The van der Waals surface area contributed by atoms with Gasteiger partial charge in [-0.15, -0.1) is 0 Å². The van der Waals surface area contributed by atoms with Gasteiger partial charge in [-0.25, -0.2) is 9.59 Å². The second kappa shape index (κ2) is 7.39. The lowest BCUT2D eigenvalue weighted by atomic mass is 9.84. The number of carbonyl (C=O) groups excluding carboxylic acids is 2. The third kappa shape index (κ3) is 3.34. The number of nitrogens with zero attached hydrogens (tertiary/aromatic N) is 2. The maximum Gasteiger partial charge on any atom is 0.534 e. The average Bonchev–Trinajstić information content (AvgIpc) is 3.08. The first-order chi connectivity index (χ1) is 14.9. The minimum absolute atomic E-state index is 0.0425. The molecule has 2 saturated heterocycles. The van der Waals surface area contributed by atoms with E-state index >= 15 is 0 Å². The molecule has 0 aromatic heterocycles. The van der Waals surface area contributed by atoms with Gasteiger partial charge in [0.15, 0.2) is 11.5 Å². The summed E-state index contributed by atoms with van der Waals surface area (Å²) in [6.45, 7) is -0.0425. The Bertz CT molecular complexity index is 1120. The molecule has 10 nitrogen and oxygen atoms in total. The molecule has 4 rings (SSSR count). The number of hydrogen-bond donors (Lipinski definition) is 1. The smallest absolute Gasteiger partial charge is 0.476 e. The highest BCUT2D eigenvalue weighted by Crippen LogP contribution is 2.44. The molecular weight excluding hydrogens is 461 g/mol. The summed E-state index contributed by atoms with van der Waals surface area (Å²) in [5, 5.41) is 9.47. The van der Waals surface area contributed by atoms with Crippen LogP contribution < -0.4 is 0 Å². The fourth-order valence-corrected chi connectivity index (χ4v) is 4.61. The molecule has 32 heavy (non-hydrogen) atoms. The van der Waals surface area contributed by atoms with Crippen LogP contribution >= 0.6 is 0 Å². The van der Waals surface area contributed by atoms with Crippen molar-refractivity contribution < 1.29 is 50.0 Å². The van der Waals surface area contributed by atoms with E-state index in [1.54, 1.807) is 30.3 Å². The lowest BCUT2D eigenvalue weighted by Crippen LogP contribution is -2.72. The number of amides is 2. The molecule has 3 aliphatic rings. The van der Waals surface area contributed by atoms with Gasteiger partial charge in [0.1, 0.15) is 12.6 Å². The van der Waals surface area contributed by atoms with E-state index in [4.69, 9.17) is 4.74 Å². The highest BCUT2D eigenvalue weighted by Gasteiger charge is 2.60. The van der Waals surface area contributed by atoms with E-state index < -0.39 is 69.6 Å². The van der Waals surface area contributed by atoms with E-state index in [1.165, 1.54) is 4.90 Å². The standard InChI is InChI=1S/C18H15F3N2O8S/c19-18(20,21)32(28,29)31-12-7-6-10-13(15(24)22(10)14(12)16(25)26)23-11(8-30-17(23)27)9-4-2-1-3-5-9/h1-5,10-11,13H,6-8H2,(H,25,26)/t10-,11-,13+/m1/s1. The van der Waals surface area contributed by atoms with Gasteiger partial charge in [0.2, 0.25) is 0 Å². The molecule has 0 saturated carbocycles. The minimum atomic E-state index is -6.12. The molecule has 0 unspecified atom stereocenters. The fraction of sp³-hybridized carbons (Fsp3) is 0.389. The van der Waals surface area contributed by atoms with Gasteiger partial charge < -0.3 is 14.0 Å². The van der Waals surface area contributed by atoms with Gasteiger partial charge in [-0.3, -0.25) is 14.6 Å². The number of hydrogen-bond acceptors (Lipinski definition) is 7. The first-order valence-corrected chi connectivity index (χ1v) is 10.6. The van der Waals surface area contributed by atoms with Crippen molar-refractivity contribution in [1.82, 2.24) is 9.80 Å². The summed E-state index contributed by atoms with van der Waals surface area (Å²) >= 11 is 0. The van der Waals surface area contributed by atoms with Crippen LogP contribution in [0.1, 0.15) is 24.4 Å². The molecule has 172 valence electrons. The molecule has 0 aliphatic carbocycles. The zero-order valence-electron chi connectivity index (χ0n) is 16.0. The second-order valence-electron chi connectivity index (χ2n) is 7.23. The predicted octanol–water partition coefficient (Wildman–Crippen LogP) is 1.72. The van der Waals surface area contributed by atoms with Crippen molar-refractivity contribution in [3.8, 4) is 0 Å². The first kappa shape index (κ1) is 21.9. The summed E-state index contributed by atoms with van der Waals surface area (Å²) in [6.07, 6.45) is -1.42. The second-order valence-corrected chi connectivity index (χ2v) is 8.77. The molecule has 0 radical (unpaired) electrons. The number of aliphatic carboxylic acids is 1. The highest BCUT2D eigenvalue weighted by molar-refractivity contribution is 7.87. The van der Waals surface area contributed by atoms with Crippen LogP contribution in [-0.4, -0.2) is 65.5 Å². The van der Waals surface area contributed by atoms with Crippen molar-refractivity contribution in [1.29, 1.82) is 0 Å². The third-order valence-corrected chi connectivity index (χ3v) is 6.44. The number of rotatable bonds is 5. The van der Waals surface area contributed by atoms with Crippen LogP contribution in [0.2, 0.25) is 0 Å². The van der Waals surface area contributed by atoms with E-state index in [1.807, 2.05) is 0 Å². The lowest BCUT2D eigenvalue weighted by Gasteiger charge is -2.52. The number of carboxylic acids is 1. The van der Waals surface area contributed by atoms with Gasteiger partial charge in [0.25, 0.3) is 5.91 Å². The van der Waals surface area contributed by atoms with Crippen molar-refractivity contribution >= 4 is 28.1 Å². The van der Waals surface area contributed by atoms with Gasteiger partial charge in [0.05, 0.1) is 12.1 Å². The summed E-state index contributed by atoms with van der Waals surface area (Å²) in [5.74, 6) is -3.73. The number of ether oxygens (including phenoxy) is 1. The number of benzene rings is 1. The third-order valence-electron chi connectivity index (χ3n) is 5.45. The molecule has 1 aromatic rings. The minimum Gasteiger partial charge on any atom is -0.476 e. The Kier molecular flexibility index (Phi) is 5.07. The normalized spacial score (nSPS) is 25.9. The Labute approximate surface area is 178 Å². The number of allylic oxidation sites excluding steroid dienone is 1. The molecule has 0 spiro atoms. The van der Waals surface area contributed by atoms with Crippen LogP contribution in [0.5, 0.6) is 0 Å². The van der Waals surface area contributed by atoms with E-state index in [0.717, 1.165) is 0 Å². The number of halogens is 3. The number of cyclic esters (lactones) is 1.